The van der Waals surface area contributed by atoms with E-state index in [4.69, 9.17) is 11.6 Å². The number of rotatable bonds is 1. The lowest BCUT2D eigenvalue weighted by atomic mass is 10.0. The first-order valence-electron chi connectivity index (χ1n) is 5.05. The molecule has 15 heavy (non-hydrogen) atoms. The summed E-state index contributed by atoms with van der Waals surface area (Å²) in [6.07, 6.45) is 5.88. The molecule has 0 aromatic carbocycles. The van der Waals surface area contributed by atoms with Gasteiger partial charge in [0.25, 0.3) is 0 Å². The Labute approximate surface area is 108 Å². The minimum atomic E-state index is 0.226. The van der Waals surface area contributed by atoms with Crippen LogP contribution in [0.25, 0.3) is 0 Å². The van der Waals surface area contributed by atoms with E-state index in [9.17, 15) is 0 Å². The molecule has 0 aliphatic carbocycles. The molecule has 5 heteroatoms. The van der Waals surface area contributed by atoms with E-state index in [2.05, 4.69) is 44.4 Å². The van der Waals surface area contributed by atoms with E-state index < -0.39 is 0 Å². The maximum atomic E-state index is 6.16. The van der Waals surface area contributed by atoms with Crippen molar-refractivity contribution in [1.29, 1.82) is 0 Å². The summed E-state index contributed by atoms with van der Waals surface area (Å²) in [4.78, 5) is 10.9. The van der Waals surface area contributed by atoms with Crippen molar-refractivity contribution in [3.8, 4) is 0 Å². The maximum absolute atomic E-state index is 6.16. The molecule has 1 aromatic heterocycles. The predicted molar refractivity (Wildman–Crippen MR) is 70.4 cm³/mol. The largest absolute Gasteiger partial charge is 0.337 e. The summed E-state index contributed by atoms with van der Waals surface area (Å²) in [6.45, 7) is 3.05. The summed E-state index contributed by atoms with van der Waals surface area (Å²) >= 11 is 8.37. The summed E-state index contributed by atoms with van der Waals surface area (Å²) in [7, 11) is 0. The zero-order chi connectivity index (χ0) is 10.8. The molecule has 1 aliphatic heterocycles. The van der Waals surface area contributed by atoms with Crippen LogP contribution in [0.2, 0.25) is 0 Å². The number of aromatic nitrogens is 2. The van der Waals surface area contributed by atoms with Gasteiger partial charge in [-0.25, -0.2) is 9.97 Å². The molecule has 0 spiro atoms. The minimum absolute atomic E-state index is 0.226. The Morgan fingerprint density at radius 3 is 2.73 bits per heavy atom. The SMILES string of the molecule is CC1CCC(Cl)CN1c1ncc(I)cn1. The topological polar surface area (TPSA) is 29.0 Å². The second-order valence-electron chi connectivity index (χ2n) is 3.88. The van der Waals surface area contributed by atoms with Gasteiger partial charge in [-0.2, -0.15) is 0 Å². The molecule has 2 heterocycles. The third-order valence-corrected chi connectivity index (χ3v) is 3.60. The van der Waals surface area contributed by atoms with Gasteiger partial charge in [0.1, 0.15) is 0 Å². The van der Waals surface area contributed by atoms with Crippen molar-refractivity contribution in [3.05, 3.63) is 16.0 Å². The van der Waals surface area contributed by atoms with Crippen molar-refractivity contribution < 1.29 is 0 Å². The monoisotopic (exact) mass is 337 g/mol. The van der Waals surface area contributed by atoms with Crippen LogP contribution < -0.4 is 4.90 Å². The summed E-state index contributed by atoms with van der Waals surface area (Å²) in [5.74, 6) is 0.799. The number of nitrogens with zero attached hydrogens (tertiary/aromatic N) is 3. The van der Waals surface area contributed by atoms with E-state index in [-0.39, 0.29) is 5.38 Å². The first-order chi connectivity index (χ1) is 7.16. The van der Waals surface area contributed by atoms with Gasteiger partial charge in [-0.05, 0) is 42.4 Å². The van der Waals surface area contributed by atoms with Crippen LogP contribution in [0.3, 0.4) is 0 Å². The Morgan fingerprint density at radius 2 is 2.07 bits per heavy atom. The van der Waals surface area contributed by atoms with Gasteiger partial charge in [0.15, 0.2) is 0 Å². The zero-order valence-electron chi connectivity index (χ0n) is 8.53. The lowest BCUT2D eigenvalue weighted by Gasteiger charge is -2.35. The zero-order valence-corrected chi connectivity index (χ0v) is 11.4. The van der Waals surface area contributed by atoms with Gasteiger partial charge in [-0.15, -0.1) is 11.6 Å². The highest BCUT2D eigenvalue weighted by Gasteiger charge is 2.25. The van der Waals surface area contributed by atoms with Crippen LogP contribution in [0.1, 0.15) is 19.8 Å². The van der Waals surface area contributed by atoms with E-state index >= 15 is 0 Å². The van der Waals surface area contributed by atoms with E-state index in [1.165, 1.54) is 0 Å². The second-order valence-corrected chi connectivity index (χ2v) is 5.74. The van der Waals surface area contributed by atoms with Crippen LogP contribution >= 0.6 is 34.2 Å². The number of hydrogen-bond donors (Lipinski definition) is 0. The third kappa shape index (κ3) is 2.72. The average Bonchev–Trinajstić information content (AvgIpc) is 2.23. The molecule has 0 radical (unpaired) electrons. The fourth-order valence-electron chi connectivity index (χ4n) is 1.80. The van der Waals surface area contributed by atoms with Crippen LogP contribution in [0, 0.1) is 3.57 Å². The molecule has 2 unspecified atom stereocenters. The van der Waals surface area contributed by atoms with Gasteiger partial charge in [0.05, 0.1) is 5.38 Å². The number of hydrogen-bond acceptors (Lipinski definition) is 3. The van der Waals surface area contributed by atoms with Crippen LogP contribution in [0.4, 0.5) is 5.95 Å². The Hall–Kier alpha value is -0.100. The summed E-state index contributed by atoms with van der Waals surface area (Å²) in [5.41, 5.74) is 0. The van der Waals surface area contributed by atoms with Gasteiger partial charge in [0.2, 0.25) is 5.95 Å². The third-order valence-electron chi connectivity index (χ3n) is 2.69. The first kappa shape index (κ1) is 11.4. The van der Waals surface area contributed by atoms with E-state index in [1.807, 2.05) is 12.4 Å². The van der Waals surface area contributed by atoms with Gasteiger partial charge >= 0.3 is 0 Å². The highest BCUT2D eigenvalue weighted by atomic mass is 127. The molecule has 1 saturated heterocycles. The molecule has 0 bridgehead atoms. The Morgan fingerprint density at radius 1 is 1.40 bits per heavy atom. The quantitative estimate of drug-likeness (QED) is 0.583. The molecular weight excluding hydrogens is 324 g/mol. The number of anilines is 1. The smallest absolute Gasteiger partial charge is 0.225 e. The lowest BCUT2D eigenvalue weighted by Crippen LogP contribution is -2.43. The standard InChI is InChI=1S/C10H13ClIN3/c1-7-2-3-8(11)6-15(7)10-13-4-9(12)5-14-10/h4-5,7-8H,2-3,6H2,1H3. The molecular formula is C10H13ClIN3. The molecule has 2 rings (SSSR count). The van der Waals surface area contributed by atoms with Crippen LogP contribution in [-0.2, 0) is 0 Å². The molecule has 0 amide bonds. The van der Waals surface area contributed by atoms with Crippen molar-refractivity contribution in [3.63, 3.8) is 0 Å². The highest BCUT2D eigenvalue weighted by Crippen LogP contribution is 2.24. The van der Waals surface area contributed by atoms with Crippen LogP contribution in [0.5, 0.6) is 0 Å². The van der Waals surface area contributed by atoms with Crippen molar-refractivity contribution in [2.24, 2.45) is 0 Å². The molecule has 1 aliphatic rings. The van der Waals surface area contributed by atoms with E-state index in [0.29, 0.717) is 6.04 Å². The predicted octanol–water partition coefficient (Wildman–Crippen LogP) is 2.68. The summed E-state index contributed by atoms with van der Waals surface area (Å²) in [6, 6.07) is 0.486. The molecule has 1 fully saturated rings. The van der Waals surface area contributed by atoms with Crippen molar-refractivity contribution in [2.75, 3.05) is 11.4 Å². The summed E-state index contributed by atoms with van der Waals surface area (Å²) in [5, 5.41) is 0.226. The maximum Gasteiger partial charge on any atom is 0.225 e. The Kier molecular flexibility index (Phi) is 3.66. The fraction of sp³-hybridized carbons (Fsp3) is 0.600. The molecule has 1 aromatic rings. The highest BCUT2D eigenvalue weighted by molar-refractivity contribution is 14.1. The number of piperidine rings is 1. The van der Waals surface area contributed by atoms with Crippen molar-refractivity contribution >= 4 is 40.1 Å². The van der Waals surface area contributed by atoms with E-state index in [1.54, 1.807) is 0 Å². The van der Waals surface area contributed by atoms with E-state index in [0.717, 1.165) is 28.9 Å². The fourth-order valence-corrected chi connectivity index (χ4v) is 2.35. The molecule has 0 N–H and O–H groups in total. The van der Waals surface area contributed by atoms with Crippen LogP contribution in [-0.4, -0.2) is 27.9 Å². The summed E-state index contributed by atoms with van der Waals surface area (Å²) < 4.78 is 1.06. The first-order valence-corrected chi connectivity index (χ1v) is 6.56. The average molecular weight is 338 g/mol. The number of alkyl halides is 1. The van der Waals surface area contributed by atoms with Gasteiger partial charge in [0, 0.05) is 28.6 Å². The molecule has 82 valence electrons. The van der Waals surface area contributed by atoms with Gasteiger partial charge in [-0.1, -0.05) is 0 Å². The normalized spacial score (nSPS) is 26.7. The Bertz CT molecular complexity index is 330. The molecule has 2 atom stereocenters. The molecule has 0 saturated carbocycles. The number of halogens is 2. The van der Waals surface area contributed by atoms with Gasteiger partial charge < -0.3 is 4.90 Å². The van der Waals surface area contributed by atoms with Crippen molar-refractivity contribution in [2.45, 2.75) is 31.2 Å². The lowest BCUT2D eigenvalue weighted by molar-refractivity contribution is 0.482. The van der Waals surface area contributed by atoms with Gasteiger partial charge in [-0.3, -0.25) is 0 Å². The molecule has 3 nitrogen and oxygen atoms in total. The Balaban J connectivity index is 2.17. The van der Waals surface area contributed by atoms with Crippen LogP contribution in [0.15, 0.2) is 12.4 Å². The minimum Gasteiger partial charge on any atom is -0.337 e. The second kappa shape index (κ2) is 4.82. The van der Waals surface area contributed by atoms with Crippen molar-refractivity contribution in [1.82, 2.24) is 9.97 Å².